The molecule has 0 saturated carbocycles. The number of aromatic hydroxyl groups is 7. The van der Waals surface area contributed by atoms with Gasteiger partial charge in [-0.25, -0.2) is 0 Å². The molecular formula is C81H92O25. The Hall–Kier alpha value is -11.2. The van der Waals surface area contributed by atoms with Gasteiger partial charge in [0.25, 0.3) is 0 Å². The van der Waals surface area contributed by atoms with Gasteiger partial charge < -0.3 is 108 Å². The fourth-order valence-electron chi connectivity index (χ4n) is 13.7. The molecule has 0 aliphatic carbocycles. The molecule has 4 aliphatic heterocycles. The molecule has 8 aromatic carbocycles. The van der Waals surface area contributed by atoms with Gasteiger partial charge in [0.2, 0.25) is 0 Å². The average molecular weight is 1470 g/mol. The molecule has 0 amide bonds. The standard InChI is InChI=1S/C21H24O6.C20H22O7.C20H22O6.C20H24O6/c1-24-18-7-5-13(11-20(18)26-3)8-15-12-27-21(23)16(15)9-14-4-6-17(22)19(10-14)25-2;1-25-17-8-11(3-5-15(17)21)7-13-14(10-27-20(13)24)19(23)12-4-6-16(22)18(9-12)26-2;1-24-18-9-12(3-5-16(18)21)7-14-11-26-20(23)15(14)8-13-4-6-17(22)19(10-13)25-2;1-24-18-8-12(3-5-16(18)22)7-14-11-26-20(15(14)10-21)13-4-6-17(23)19(9-13)25-2/h4-7,10-11,15-16,22H,8-9,12H2,1-3H3;3-6,8-9,13-14,19,21-23H,7,10H2,1-2H3;3-6,9-10,14-15,21-22H,7-8,11H2,1-2H3;3-6,8-9,14-15,20-23H,7,10-11H2,1-2H3. The van der Waals surface area contributed by atoms with E-state index in [1.165, 1.54) is 61.9 Å². The molecule has 0 spiro atoms. The summed E-state index contributed by atoms with van der Waals surface area (Å²) in [6.07, 6.45) is 2.20. The average Bonchev–Trinajstić information content (AvgIpc) is 1.61. The van der Waals surface area contributed by atoms with Gasteiger partial charge in [0, 0.05) is 30.3 Å². The molecule has 106 heavy (non-hydrogen) atoms. The summed E-state index contributed by atoms with van der Waals surface area (Å²) in [4.78, 5) is 36.7. The van der Waals surface area contributed by atoms with Crippen LogP contribution in [0.25, 0.3) is 0 Å². The Kier molecular flexibility index (Phi) is 27.6. The SMILES string of the molecule is COc1cc(CC2C(=O)OCC2C(O)c2ccc(O)c(OC)c2)ccc1O.COc1cc(CC2C(=O)OCC2Cc2ccc(OC)c(OC)c2)ccc1O.COc1cc(CC2COC(=O)C2Cc2ccc(O)c(OC)c2)ccc1O.COc1cc(CC2COC(c3ccc(O)c(OC)c3)C2CO)ccc1O. The third-order valence-corrected chi connectivity index (χ3v) is 19.6. The fraction of sp³-hybridized carbons (Fsp3) is 0.370. The van der Waals surface area contributed by atoms with Crippen molar-refractivity contribution in [3.05, 3.63) is 190 Å². The molecule has 4 heterocycles. The van der Waals surface area contributed by atoms with Crippen LogP contribution in [0.3, 0.4) is 0 Å². The second-order valence-electron chi connectivity index (χ2n) is 26.0. The molecule has 9 N–H and O–H groups in total. The summed E-state index contributed by atoms with van der Waals surface area (Å²) >= 11 is 0. The zero-order chi connectivity index (χ0) is 76.3. The number of ether oxygens (including phenoxy) is 13. The van der Waals surface area contributed by atoms with Crippen LogP contribution >= 0.6 is 0 Å². The van der Waals surface area contributed by atoms with Crippen molar-refractivity contribution >= 4 is 17.9 Å². The third kappa shape index (κ3) is 19.4. The van der Waals surface area contributed by atoms with Crippen molar-refractivity contribution in [1.82, 2.24) is 0 Å². The molecule has 10 atom stereocenters. The van der Waals surface area contributed by atoms with E-state index in [0.29, 0.717) is 110 Å². The van der Waals surface area contributed by atoms with Crippen molar-refractivity contribution < 1.29 is 122 Å². The number of cyclic esters (lactones) is 3. The van der Waals surface area contributed by atoms with Gasteiger partial charge in [-0.3, -0.25) is 14.4 Å². The van der Waals surface area contributed by atoms with Gasteiger partial charge in [0.05, 0.1) is 120 Å². The Morgan fingerprint density at radius 3 is 1.05 bits per heavy atom. The van der Waals surface area contributed by atoms with E-state index in [4.69, 9.17) is 61.6 Å². The van der Waals surface area contributed by atoms with Gasteiger partial charge in [0.15, 0.2) is 92.0 Å². The molecule has 4 saturated heterocycles. The second-order valence-corrected chi connectivity index (χ2v) is 26.0. The smallest absolute Gasteiger partial charge is 0.309 e. The lowest BCUT2D eigenvalue weighted by Gasteiger charge is -2.22. The van der Waals surface area contributed by atoms with Crippen molar-refractivity contribution in [1.29, 1.82) is 0 Å². The Morgan fingerprint density at radius 2 is 0.651 bits per heavy atom. The fourth-order valence-corrected chi connectivity index (χ4v) is 13.7. The van der Waals surface area contributed by atoms with Crippen LogP contribution in [-0.4, -0.2) is 161 Å². The van der Waals surface area contributed by atoms with Crippen LogP contribution in [-0.2, 0) is 71.9 Å². The van der Waals surface area contributed by atoms with Crippen molar-refractivity contribution in [3.8, 4) is 92.0 Å². The highest BCUT2D eigenvalue weighted by Crippen LogP contribution is 2.45. The zero-order valence-corrected chi connectivity index (χ0v) is 60.5. The minimum absolute atomic E-state index is 0.00621. The van der Waals surface area contributed by atoms with E-state index in [-0.39, 0.29) is 119 Å². The van der Waals surface area contributed by atoms with Crippen LogP contribution < -0.4 is 42.6 Å². The number of aliphatic hydroxyl groups excluding tert-OH is 2. The molecule has 12 rings (SSSR count). The third-order valence-electron chi connectivity index (χ3n) is 19.6. The van der Waals surface area contributed by atoms with E-state index in [9.17, 15) is 60.3 Å². The number of phenolic OH excluding ortho intramolecular Hbond substituents is 7. The van der Waals surface area contributed by atoms with Crippen LogP contribution in [0.1, 0.15) is 56.7 Å². The maximum absolute atomic E-state index is 12.3. The van der Waals surface area contributed by atoms with E-state index >= 15 is 0 Å². The maximum atomic E-state index is 12.3. The minimum atomic E-state index is -0.963. The maximum Gasteiger partial charge on any atom is 0.309 e. The normalized spacial score (nSPS) is 20.1. The number of hydrogen-bond donors (Lipinski definition) is 9. The number of benzene rings is 8. The molecule has 566 valence electrons. The highest BCUT2D eigenvalue weighted by atomic mass is 16.6. The van der Waals surface area contributed by atoms with Gasteiger partial charge >= 0.3 is 17.9 Å². The van der Waals surface area contributed by atoms with Crippen LogP contribution in [0.5, 0.6) is 92.0 Å². The summed E-state index contributed by atoms with van der Waals surface area (Å²) in [6, 6.07) is 41.0. The number of rotatable bonds is 25. The topological polar surface area (TPSA) is 353 Å². The van der Waals surface area contributed by atoms with Crippen LogP contribution in [0.4, 0.5) is 0 Å². The van der Waals surface area contributed by atoms with Crippen molar-refractivity contribution in [2.45, 2.75) is 50.7 Å². The molecule has 0 aromatic heterocycles. The second kappa shape index (κ2) is 37.0. The lowest BCUT2D eigenvalue weighted by molar-refractivity contribution is -0.142. The first-order valence-electron chi connectivity index (χ1n) is 34.2. The highest BCUT2D eigenvalue weighted by Gasteiger charge is 2.43. The van der Waals surface area contributed by atoms with Gasteiger partial charge in [-0.2, -0.15) is 0 Å². The van der Waals surface area contributed by atoms with Crippen LogP contribution in [0.15, 0.2) is 146 Å². The van der Waals surface area contributed by atoms with Crippen LogP contribution in [0, 0.1) is 47.3 Å². The molecule has 10 unspecified atom stereocenters. The minimum Gasteiger partial charge on any atom is -0.504 e. The summed E-state index contributed by atoms with van der Waals surface area (Å²) in [5, 5.41) is 88.9. The van der Waals surface area contributed by atoms with Gasteiger partial charge in [-0.1, -0.05) is 48.5 Å². The van der Waals surface area contributed by atoms with Crippen molar-refractivity contribution in [2.24, 2.45) is 47.3 Å². The number of phenols is 7. The molecule has 25 heteroatoms. The number of methoxy groups -OCH3 is 9. The highest BCUT2D eigenvalue weighted by molar-refractivity contribution is 5.76. The van der Waals surface area contributed by atoms with E-state index in [0.717, 1.165) is 38.9 Å². The Balaban J connectivity index is 0.000000163. The monoisotopic (exact) mass is 1460 g/mol. The van der Waals surface area contributed by atoms with Crippen LogP contribution in [0.2, 0.25) is 0 Å². The number of hydrogen-bond acceptors (Lipinski definition) is 25. The van der Waals surface area contributed by atoms with Crippen molar-refractivity contribution in [3.63, 3.8) is 0 Å². The largest absolute Gasteiger partial charge is 0.504 e. The number of carbonyl (C=O) groups is 3. The van der Waals surface area contributed by atoms with Gasteiger partial charge in [-0.05, 0) is 186 Å². The summed E-state index contributed by atoms with van der Waals surface area (Å²) in [6.45, 7) is 1.37. The molecule has 25 nitrogen and oxygen atoms in total. The summed E-state index contributed by atoms with van der Waals surface area (Å²) in [5.74, 6) is 2.15. The predicted octanol–water partition coefficient (Wildman–Crippen LogP) is 10.5. The molecule has 0 radical (unpaired) electrons. The Bertz CT molecular complexity index is 4290. The Morgan fingerprint density at radius 1 is 0.340 bits per heavy atom. The van der Waals surface area contributed by atoms with Crippen molar-refractivity contribution in [2.75, 3.05) is 97.0 Å². The number of esters is 3. The molecule has 8 aromatic rings. The van der Waals surface area contributed by atoms with Gasteiger partial charge in [-0.15, -0.1) is 0 Å². The molecule has 4 fully saturated rings. The first-order valence-corrected chi connectivity index (χ1v) is 34.2. The zero-order valence-electron chi connectivity index (χ0n) is 60.5. The lowest BCUT2D eigenvalue weighted by Crippen LogP contribution is -2.24. The predicted molar refractivity (Wildman–Crippen MR) is 386 cm³/mol. The summed E-state index contributed by atoms with van der Waals surface area (Å²) in [7, 11) is 13.6. The van der Waals surface area contributed by atoms with E-state index in [2.05, 4.69) is 0 Å². The number of aliphatic hydroxyl groups is 2. The van der Waals surface area contributed by atoms with Gasteiger partial charge in [0.1, 0.15) is 0 Å². The Labute approximate surface area is 614 Å². The quantitative estimate of drug-likeness (QED) is 0.0190. The van der Waals surface area contributed by atoms with E-state index in [1.54, 1.807) is 117 Å². The number of carbonyl (C=O) groups excluding carboxylic acids is 3. The van der Waals surface area contributed by atoms with E-state index in [1.807, 2.05) is 30.3 Å². The summed E-state index contributed by atoms with van der Waals surface area (Å²) < 4.78 is 68.4. The van der Waals surface area contributed by atoms with E-state index < -0.39 is 17.9 Å². The first-order chi connectivity index (χ1) is 51.1. The molecule has 4 aliphatic rings. The molecular weight excluding hydrogens is 1370 g/mol. The lowest BCUT2D eigenvalue weighted by atomic mass is 9.83. The first kappa shape index (κ1) is 79.0. The molecule has 0 bridgehead atoms. The summed E-state index contributed by atoms with van der Waals surface area (Å²) in [5.41, 5.74) is 7.04.